The second-order valence-corrected chi connectivity index (χ2v) is 7.86. The van der Waals surface area contributed by atoms with Gasteiger partial charge in [0.05, 0.1) is 16.3 Å². The molecule has 1 fully saturated rings. The van der Waals surface area contributed by atoms with E-state index in [1.165, 1.54) is 22.7 Å². The van der Waals surface area contributed by atoms with E-state index in [0.29, 0.717) is 20.5 Å². The Morgan fingerprint density at radius 1 is 1.07 bits per heavy atom. The second kappa shape index (κ2) is 7.53. The predicted molar refractivity (Wildman–Crippen MR) is 117 cm³/mol. The fourth-order valence-electron chi connectivity index (χ4n) is 2.81. The van der Waals surface area contributed by atoms with Gasteiger partial charge in [-0.3, -0.25) is 9.69 Å². The van der Waals surface area contributed by atoms with Crippen LogP contribution in [0.4, 0.5) is 11.4 Å². The van der Waals surface area contributed by atoms with Crippen LogP contribution in [0.5, 0.6) is 5.75 Å². The Morgan fingerprint density at radius 3 is 2.64 bits per heavy atom. The normalized spacial score (nSPS) is 16.0. The van der Waals surface area contributed by atoms with Crippen molar-refractivity contribution < 1.29 is 9.90 Å². The number of thiocarbonyl (C=S) groups is 1. The molecule has 0 aromatic heterocycles. The summed E-state index contributed by atoms with van der Waals surface area (Å²) in [7, 11) is 1.63. The number of phenols is 1. The molecule has 28 heavy (non-hydrogen) atoms. The molecule has 3 aromatic carbocycles. The Hall–Kier alpha value is -3.03. The minimum absolute atomic E-state index is 0.0606. The molecule has 1 N–H and O–H groups in total. The molecule has 1 aliphatic heterocycles. The van der Waals surface area contributed by atoms with E-state index >= 15 is 0 Å². The zero-order valence-corrected chi connectivity index (χ0v) is 16.5. The molecule has 0 aliphatic carbocycles. The molecule has 1 saturated heterocycles. The number of phenolic OH excluding ortho intramolecular Hbond substituents is 1. The van der Waals surface area contributed by atoms with Crippen molar-refractivity contribution in [1.82, 2.24) is 4.90 Å². The Labute approximate surface area is 171 Å². The quantitative estimate of drug-likeness (QED) is 0.340. The van der Waals surface area contributed by atoms with Crippen LogP contribution in [0, 0.1) is 0 Å². The van der Waals surface area contributed by atoms with E-state index in [1.807, 2.05) is 42.5 Å². The van der Waals surface area contributed by atoms with Crippen LogP contribution in [0.3, 0.4) is 0 Å². The van der Waals surface area contributed by atoms with Gasteiger partial charge in [0.15, 0.2) is 0 Å². The highest BCUT2D eigenvalue weighted by molar-refractivity contribution is 8.26. The minimum Gasteiger partial charge on any atom is -0.507 e. The molecule has 1 aliphatic rings. The third-order valence-electron chi connectivity index (χ3n) is 4.32. The van der Waals surface area contributed by atoms with Gasteiger partial charge in [0, 0.05) is 18.0 Å². The Bertz CT molecular complexity index is 1170. The van der Waals surface area contributed by atoms with Gasteiger partial charge >= 0.3 is 0 Å². The molecule has 0 saturated carbocycles. The lowest BCUT2D eigenvalue weighted by atomic mass is 10.1. The number of benzene rings is 3. The zero-order valence-electron chi connectivity index (χ0n) is 14.9. The van der Waals surface area contributed by atoms with Gasteiger partial charge in [-0.15, -0.1) is 5.11 Å². The van der Waals surface area contributed by atoms with Crippen LogP contribution in [-0.4, -0.2) is 27.3 Å². The first kappa shape index (κ1) is 18.3. The van der Waals surface area contributed by atoms with E-state index in [0.717, 1.165) is 16.5 Å². The van der Waals surface area contributed by atoms with Gasteiger partial charge in [0.1, 0.15) is 10.1 Å². The van der Waals surface area contributed by atoms with E-state index in [2.05, 4.69) is 10.2 Å². The summed E-state index contributed by atoms with van der Waals surface area (Å²) in [6.45, 7) is 0. The van der Waals surface area contributed by atoms with Crippen LogP contribution in [-0.2, 0) is 4.79 Å². The van der Waals surface area contributed by atoms with Crippen LogP contribution in [0.25, 0.3) is 16.8 Å². The maximum absolute atomic E-state index is 12.2. The first-order valence-corrected chi connectivity index (χ1v) is 9.69. The molecule has 7 heteroatoms. The Balaban J connectivity index is 1.67. The fraction of sp³-hybridized carbons (Fsp3) is 0.0476. The van der Waals surface area contributed by atoms with Crippen molar-refractivity contribution in [3.05, 3.63) is 71.1 Å². The molecule has 4 rings (SSSR count). The van der Waals surface area contributed by atoms with Crippen LogP contribution < -0.4 is 0 Å². The van der Waals surface area contributed by atoms with Gasteiger partial charge in [-0.05, 0) is 35.7 Å². The summed E-state index contributed by atoms with van der Waals surface area (Å²) in [5, 5.41) is 20.9. The van der Waals surface area contributed by atoms with E-state index in [1.54, 1.807) is 25.3 Å². The number of hydrogen-bond acceptors (Lipinski definition) is 6. The molecule has 0 spiro atoms. The summed E-state index contributed by atoms with van der Waals surface area (Å²) in [5.41, 5.74) is 1.83. The third-order valence-corrected chi connectivity index (χ3v) is 5.81. The summed E-state index contributed by atoms with van der Waals surface area (Å²) in [4.78, 5) is 14.1. The summed E-state index contributed by atoms with van der Waals surface area (Å²) < 4.78 is 0.488. The van der Waals surface area contributed by atoms with Gasteiger partial charge in [-0.25, -0.2) is 0 Å². The molecule has 1 amide bonds. The van der Waals surface area contributed by atoms with E-state index in [-0.39, 0.29) is 11.7 Å². The van der Waals surface area contributed by atoms with Crippen molar-refractivity contribution >= 4 is 62.4 Å². The molecule has 0 radical (unpaired) electrons. The third kappa shape index (κ3) is 3.54. The standard InChI is InChI=1S/C21H15N3O2S2/c1-24-20(26)19(28-21(24)27)12-14-11-15(9-10-18(14)25)22-23-17-8-4-6-13-5-2-3-7-16(13)17/h2-12,25H,1H3/b19-12-,23-22?. The van der Waals surface area contributed by atoms with Crippen molar-refractivity contribution in [3.63, 3.8) is 0 Å². The van der Waals surface area contributed by atoms with Gasteiger partial charge in [0.2, 0.25) is 0 Å². The molecule has 1 heterocycles. The number of amides is 1. The molecular formula is C21H15N3O2S2. The summed E-state index contributed by atoms with van der Waals surface area (Å²) in [6.07, 6.45) is 1.62. The topological polar surface area (TPSA) is 65.3 Å². The number of thioether (sulfide) groups is 1. The smallest absolute Gasteiger partial charge is 0.265 e. The van der Waals surface area contributed by atoms with Crippen molar-refractivity contribution in [3.8, 4) is 5.75 Å². The molecule has 0 atom stereocenters. The SMILES string of the molecule is CN1C(=O)/C(=C/c2cc(N=Nc3cccc4ccccc34)ccc2O)SC1=S. The first-order valence-electron chi connectivity index (χ1n) is 8.47. The number of carbonyl (C=O) groups is 1. The molecule has 0 unspecified atom stereocenters. The predicted octanol–water partition coefficient (Wildman–Crippen LogP) is 5.79. The van der Waals surface area contributed by atoms with Crippen molar-refractivity contribution in [1.29, 1.82) is 0 Å². The monoisotopic (exact) mass is 405 g/mol. The highest BCUT2D eigenvalue weighted by Gasteiger charge is 2.28. The zero-order chi connectivity index (χ0) is 19.7. The van der Waals surface area contributed by atoms with E-state index in [9.17, 15) is 9.90 Å². The number of carbonyl (C=O) groups excluding carboxylic acids is 1. The lowest BCUT2D eigenvalue weighted by Gasteiger charge is -2.04. The first-order chi connectivity index (χ1) is 13.5. The Kier molecular flexibility index (Phi) is 4.93. The molecule has 5 nitrogen and oxygen atoms in total. The van der Waals surface area contributed by atoms with Crippen LogP contribution in [0.15, 0.2) is 75.8 Å². The number of nitrogens with zero attached hydrogens (tertiary/aromatic N) is 3. The van der Waals surface area contributed by atoms with Crippen molar-refractivity contribution in [2.24, 2.45) is 10.2 Å². The minimum atomic E-state index is -0.183. The number of rotatable bonds is 3. The molecule has 0 bridgehead atoms. The molecular weight excluding hydrogens is 390 g/mol. The lowest BCUT2D eigenvalue weighted by molar-refractivity contribution is -0.121. The van der Waals surface area contributed by atoms with Gasteiger partial charge < -0.3 is 5.11 Å². The van der Waals surface area contributed by atoms with Crippen LogP contribution >= 0.6 is 24.0 Å². The average molecular weight is 406 g/mol. The van der Waals surface area contributed by atoms with E-state index < -0.39 is 0 Å². The lowest BCUT2D eigenvalue weighted by Crippen LogP contribution is -2.22. The number of fused-ring (bicyclic) bond motifs is 1. The van der Waals surface area contributed by atoms with Crippen molar-refractivity contribution in [2.45, 2.75) is 0 Å². The second-order valence-electron chi connectivity index (χ2n) is 6.18. The number of likely N-dealkylation sites (N-methyl/N-ethyl adjacent to an activating group) is 1. The number of azo groups is 1. The summed E-state index contributed by atoms with van der Waals surface area (Å²) in [5.74, 6) is -0.123. The maximum Gasteiger partial charge on any atom is 0.265 e. The molecule has 138 valence electrons. The molecule has 3 aromatic rings. The largest absolute Gasteiger partial charge is 0.507 e. The highest BCUT2D eigenvalue weighted by Crippen LogP contribution is 2.35. The average Bonchev–Trinajstić information content (AvgIpc) is 2.95. The highest BCUT2D eigenvalue weighted by atomic mass is 32.2. The van der Waals surface area contributed by atoms with Crippen molar-refractivity contribution in [2.75, 3.05) is 7.05 Å². The summed E-state index contributed by atoms with van der Waals surface area (Å²) in [6, 6.07) is 18.7. The van der Waals surface area contributed by atoms with Crippen LogP contribution in [0.1, 0.15) is 5.56 Å². The Morgan fingerprint density at radius 2 is 1.86 bits per heavy atom. The fourth-order valence-corrected chi connectivity index (χ4v) is 3.98. The van der Waals surface area contributed by atoms with E-state index in [4.69, 9.17) is 12.2 Å². The maximum atomic E-state index is 12.2. The van der Waals surface area contributed by atoms with Gasteiger partial charge in [0.25, 0.3) is 5.91 Å². The van der Waals surface area contributed by atoms with Crippen LogP contribution in [0.2, 0.25) is 0 Å². The van der Waals surface area contributed by atoms with Gasteiger partial charge in [-0.2, -0.15) is 5.11 Å². The van der Waals surface area contributed by atoms with Gasteiger partial charge in [-0.1, -0.05) is 60.4 Å². The number of hydrogen-bond donors (Lipinski definition) is 1. The summed E-state index contributed by atoms with van der Waals surface area (Å²) >= 11 is 6.34. The number of aromatic hydroxyl groups is 1.